The summed E-state index contributed by atoms with van der Waals surface area (Å²) in [5.74, 6) is 0.320. The lowest BCUT2D eigenvalue weighted by Gasteiger charge is -2.17. The first-order chi connectivity index (χ1) is 11.6. The molecule has 7 heteroatoms. The van der Waals surface area contributed by atoms with Crippen molar-refractivity contribution in [1.82, 2.24) is 20.4 Å². The van der Waals surface area contributed by atoms with Crippen LogP contribution in [0.25, 0.3) is 0 Å². The fourth-order valence-corrected chi connectivity index (χ4v) is 2.94. The highest BCUT2D eigenvalue weighted by atomic mass is 19.1. The fourth-order valence-electron chi connectivity index (χ4n) is 2.94. The smallest absolute Gasteiger partial charge is 0.225 e. The Kier molecular flexibility index (Phi) is 5.10. The lowest BCUT2D eigenvalue weighted by Crippen LogP contribution is -2.36. The quantitative estimate of drug-likeness (QED) is 0.776. The third-order valence-corrected chi connectivity index (χ3v) is 4.19. The number of rotatable bonds is 6. The number of amides is 1. The number of carbonyl (C=O) groups is 1. The zero-order valence-electron chi connectivity index (χ0n) is 13.5. The van der Waals surface area contributed by atoms with Gasteiger partial charge < -0.3 is 15.4 Å². The average molecular weight is 332 g/mol. The molecule has 1 amide bonds. The van der Waals surface area contributed by atoms with E-state index in [2.05, 4.69) is 15.7 Å². The lowest BCUT2D eigenvalue weighted by atomic mass is 9.90. The Labute approximate surface area is 140 Å². The minimum absolute atomic E-state index is 0.0107. The van der Waals surface area contributed by atoms with Gasteiger partial charge in [-0.1, -0.05) is 0 Å². The maximum absolute atomic E-state index is 12.8. The number of aromatic nitrogens is 2. The molecule has 0 saturated carbocycles. The monoisotopic (exact) mass is 332 g/mol. The minimum atomic E-state index is -0.300. The molecule has 1 aliphatic rings. The second-order valence-electron chi connectivity index (χ2n) is 5.91. The normalized spacial score (nSPS) is 20.1. The summed E-state index contributed by atoms with van der Waals surface area (Å²) in [6.45, 7) is 2.18. The van der Waals surface area contributed by atoms with Crippen molar-refractivity contribution >= 4 is 5.91 Å². The highest BCUT2D eigenvalue weighted by Crippen LogP contribution is 2.27. The van der Waals surface area contributed by atoms with Crippen LogP contribution in [0.1, 0.15) is 11.5 Å². The van der Waals surface area contributed by atoms with Crippen molar-refractivity contribution in [3.05, 3.63) is 48.0 Å². The molecule has 1 aliphatic heterocycles. The van der Waals surface area contributed by atoms with E-state index < -0.39 is 0 Å². The molecule has 2 heterocycles. The molecule has 2 atom stereocenters. The number of halogens is 1. The van der Waals surface area contributed by atoms with Gasteiger partial charge in [0.25, 0.3) is 0 Å². The third kappa shape index (κ3) is 3.91. The first kappa shape index (κ1) is 16.4. The van der Waals surface area contributed by atoms with E-state index in [0.29, 0.717) is 25.4 Å². The van der Waals surface area contributed by atoms with E-state index in [0.717, 1.165) is 12.1 Å². The molecule has 1 aromatic heterocycles. The van der Waals surface area contributed by atoms with E-state index in [9.17, 15) is 9.18 Å². The number of aryl methyl sites for hydroxylation is 1. The molecule has 1 saturated heterocycles. The standard InChI is InChI=1S/C17H21FN4O2/c1-22-11-12(8-21-22)15-9-19-10-16(15)17(23)20-6-7-24-14-4-2-13(18)3-5-14/h2-5,8,11,15-16,19H,6-7,9-10H2,1H3,(H,20,23)/t15-,16+/m1/s1. The van der Waals surface area contributed by atoms with Crippen molar-refractivity contribution in [3.8, 4) is 5.75 Å². The van der Waals surface area contributed by atoms with Crippen molar-refractivity contribution in [2.45, 2.75) is 5.92 Å². The number of hydrogen-bond acceptors (Lipinski definition) is 4. The molecule has 0 unspecified atom stereocenters. The molecule has 6 nitrogen and oxygen atoms in total. The number of benzene rings is 1. The molecule has 3 rings (SSSR count). The highest BCUT2D eigenvalue weighted by Gasteiger charge is 2.34. The predicted molar refractivity (Wildman–Crippen MR) is 87.2 cm³/mol. The van der Waals surface area contributed by atoms with Crippen molar-refractivity contribution in [2.75, 3.05) is 26.2 Å². The molecule has 0 aliphatic carbocycles. The number of ether oxygens (including phenoxy) is 1. The van der Waals surface area contributed by atoms with E-state index in [-0.39, 0.29) is 23.6 Å². The lowest BCUT2D eigenvalue weighted by molar-refractivity contribution is -0.124. The van der Waals surface area contributed by atoms with Crippen LogP contribution in [-0.4, -0.2) is 41.9 Å². The van der Waals surface area contributed by atoms with Crippen LogP contribution in [0.2, 0.25) is 0 Å². The molecule has 0 bridgehead atoms. The van der Waals surface area contributed by atoms with Gasteiger partial charge in [0.2, 0.25) is 5.91 Å². The molecule has 24 heavy (non-hydrogen) atoms. The van der Waals surface area contributed by atoms with E-state index in [1.807, 2.05) is 19.4 Å². The van der Waals surface area contributed by atoms with Crippen molar-refractivity contribution in [2.24, 2.45) is 13.0 Å². The molecule has 2 N–H and O–H groups in total. The molecule has 1 aromatic carbocycles. The SMILES string of the molecule is Cn1cc([C@H]2CNC[C@@H]2C(=O)NCCOc2ccc(F)cc2)cn1. The van der Waals surface area contributed by atoms with Gasteiger partial charge in [-0.2, -0.15) is 5.10 Å². The summed E-state index contributed by atoms with van der Waals surface area (Å²) in [5.41, 5.74) is 1.07. The van der Waals surface area contributed by atoms with Crippen LogP contribution in [0.4, 0.5) is 4.39 Å². The number of nitrogens with one attached hydrogen (secondary N) is 2. The molecule has 0 radical (unpaired) electrons. The Hall–Kier alpha value is -2.41. The van der Waals surface area contributed by atoms with E-state index in [1.165, 1.54) is 12.1 Å². The first-order valence-electron chi connectivity index (χ1n) is 7.99. The maximum Gasteiger partial charge on any atom is 0.225 e. The minimum Gasteiger partial charge on any atom is -0.492 e. The van der Waals surface area contributed by atoms with Crippen LogP contribution >= 0.6 is 0 Å². The van der Waals surface area contributed by atoms with E-state index in [4.69, 9.17) is 4.74 Å². The summed E-state index contributed by atoms with van der Waals surface area (Å²) in [5, 5.41) is 10.4. The molecule has 2 aromatic rings. The van der Waals surface area contributed by atoms with Gasteiger partial charge >= 0.3 is 0 Å². The summed E-state index contributed by atoms with van der Waals surface area (Å²) in [7, 11) is 1.87. The molecular formula is C17H21FN4O2. The zero-order valence-corrected chi connectivity index (χ0v) is 13.5. The second-order valence-corrected chi connectivity index (χ2v) is 5.91. The maximum atomic E-state index is 12.8. The Balaban J connectivity index is 1.46. The van der Waals surface area contributed by atoms with Crippen molar-refractivity contribution < 1.29 is 13.9 Å². The second kappa shape index (κ2) is 7.44. The van der Waals surface area contributed by atoms with Crippen LogP contribution in [0.5, 0.6) is 5.75 Å². The van der Waals surface area contributed by atoms with Crippen molar-refractivity contribution in [1.29, 1.82) is 0 Å². The number of carbonyl (C=O) groups excluding carboxylic acids is 1. The van der Waals surface area contributed by atoms with Gasteiger partial charge in [0.05, 0.1) is 18.7 Å². The summed E-state index contributed by atoms with van der Waals surface area (Å²) in [6, 6.07) is 5.82. The van der Waals surface area contributed by atoms with E-state index >= 15 is 0 Å². The molecular weight excluding hydrogens is 311 g/mol. The van der Waals surface area contributed by atoms with Gasteiger partial charge in [-0.15, -0.1) is 0 Å². The van der Waals surface area contributed by atoms with Crippen LogP contribution in [0.15, 0.2) is 36.7 Å². The van der Waals surface area contributed by atoms with Gasteiger partial charge in [-0.25, -0.2) is 4.39 Å². The largest absolute Gasteiger partial charge is 0.492 e. The summed E-state index contributed by atoms with van der Waals surface area (Å²) >= 11 is 0. The molecule has 128 valence electrons. The third-order valence-electron chi connectivity index (χ3n) is 4.19. The zero-order chi connectivity index (χ0) is 16.9. The topological polar surface area (TPSA) is 68.2 Å². The van der Waals surface area contributed by atoms with Gasteiger partial charge in [0, 0.05) is 32.3 Å². The summed E-state index contributed by atoms with van der Waals surface area (Å²) in [6.07, 6.45) is 3.77. The Morgan fingerprint density at radius 1 is 1.42 bits per heavy atom. The van der Waals surface area contributed by atoms with Crippen LogP contribution in [-0.2, 0) is 11.8 Å². The van der Waals surface area contributed by atoms with Gasteiger partial charge in [-0.05, 0) is 29.8 Å². The highest BCUT2D eigenvalue weighted by molar-refractivity contribution is 5.80. The van der Waals surface area contributed by atoms with Gasteiger partial charge in [0.1, 0.15) is 18.2 Å². The summed E-state index contributed by atoms with van der Waals surface area (Å²) < 4.78 is 20.0. The predicted octanol–water partition coefficient (Wildman–Crippen LogP) is 1.06. The molecule has 1 fully saturated rings. The number of hydrogen-bond donors (Lipinski definition) is 2. The van der Waals surface area contributed by atoms with Gasteiger partial charge in [-0.3, -0.25) is 9.48 Å². The fraction of sp³-hybridized carbons (Fsp3) is 0.412. The first-order valence-corrected chi connectivity index (χ1v) is 7.99. The van der Waals surface area contributed by atoms with Crippen LogP contribution in [0, 0.1) is 11.7 Å². The number of nitrogens with zero attached hydrogens (tertiary/aromatic N) is 2. The average Bonchev–Trinajstić information content (AvgIpc) is 3.21. The van der Waals surface area contributed by atoms with Crippen LogP contribution in [0.3, 0.4) is 0 Å². The van der Waals surface area contributed by atoms with E-state index in [1.54, 1.807) is 16.8 Å². The Bertz CT molecular complexity index is 686. The summed E-state index contributed by atoms with van der Waals surface area (Å²) in [4.78, 5) is 12.4. The Morgan fingerprint density at radius 3 is 2.92 bits per heavy atom. The van der Waals surface area contributed by atoms with Crippen LogP contribution < -0.4 is 15.4 Å². The Morgan fingerprint density at radius 2 is 2.21 bits per heavy atom. The van der Waals surface area contributed by atoms with Crippen molar-refractivity contribution in [3.63, 3.8) is 0 Å². The van der Waals surface area contributed by atoms with Gasteiger partial charge in [0.15, 0.2) is 0 Å². The molecule has 0 spiro atoms.